The number of esters is 1. The van der Waals surface area contributed by atoms with Gasteiger partial charge in [0.2, 0.25) is 0 Å². The van der Waals surface area contributed by atoms with Gasteiger partial charge in [0.1, 0.15) is 13.2 Å². The molecule has 1 atom stereocenters. The largest absolute Gasteiger partial charge is 0.486 e. The van der Waals surface area contributed by atoms with E-state index < -0.39 is 17.0 Å². The molecule has 0 aliphatic carbocycles. The summed E-state index contributed by atoms with van der Waals surface area (Å²) in [6, 6.07) is 11.5. The minimum Gasteiger partial charge on any atom is -0.486 e. The molecule has 0 saturated heterocycles. The van der Waals surface area contributed by atoms with Crippen molar-refractivity contribution >= 4 is 23.4 Å². The lowest BCUT2D eigenvalue weighted by atomic mass is 10.2. The van der Waals surface area contributed by atoms with Crippen LogP contribution in [0.5, 0.6) is 11.5 Å². The van der Waals surface area contributed by atoms with E-state index in [1.165, 1.54) is 30.0 Å². The number of fused-ring (bicyclic) bond motifs is 1. The van der Waals surface area contributed by atoms with Gasteiger partial charge in [-0.1, -0.05) is 12.1 Å². The van der Waals surface area contributed by atoms with Crippen molar-refractivity contribution in [1.82, 2.24) is 0 Å². The maximum Gasteiger partial charge on any atom is 0.338 e. The van der Waals surface area contributed by atoms with Gasteiger partial charge in [0.05, 0.1) is 15.4 Å². The van der Waals surface area contributed by atoms with Crippen molar-refractivity contribution in [2.75, 3.05) is 19.5 Å². The number of hydrogen-bond acceptors (Lipinski definition) is 7. The molecule has 1 heterocycles. The molecule has 3 rings (SSSR count). The molecule has 0 spiro atoms. The van der Waals surface area contributed by atoms with Gasteiger partial charge in [-0.3, -0.25) is 10.1 Å². The molecule has 0 fully saturated rings. The molecule has 8 heteroatoms. The zero-order valence-electron chi connectivity index (χ0n) is 13.3. The van der Waals surface area contributed by atoms with E-state index in [0.29, 0.717) is 16.4 Å². The Bertz CT molecular complexity index is 809. The maximum absolute atomic E-state index is 12.2. The number of thioether (sulfide) groups is 1. The molecule has 0 saturated carbocycles. The summed E-state index contributed by atoms with van der Waals surface area (Å²) >= 11 is 1.24. The van der Waals surface area contributed by atoms with Crippen LogP contribution in [-0.4, -0.2) is 36.5 Å². The first kappa shape index (κ1) is 17.1. The topological polar surface area (TPSA) is 87.9 Å². The van der Waals surface area contributed by atoms with Crippen molar-refractivity contribution in [1.29, 1.82) is 0 Å². The summed E-state index contributed by atoms with van der Waals surface area (Å²) < 4.78 is 16.5. The summed E-state index contributed by atoms with van der Waals surface area (Å²) in [7, 11) is 0. The number of nitrogens with zero attached hydrogens (tertiary/aromatic N) is 1. The van der Waals surface area contributed by atoms with Crippen molar-refractivity contribution in [3.8, 4) is 11.5 Å². The second kappa shape index (κ2) is 7.43. The van der Waals surface area contributed by atoms with Gasteiger partial charge < -0.3 is 14.2 Å². The number of ether oxygens (including phenoxy) is 3. The fourth-order valence-electron chi connectivity index (χ4n) is 2.36. The molecule has 2 aromatic rings. The summed E-state index contributed by atoms with van der Waals surface area (Å²) in [5, 5.41) is 11.1. The Morgan fingerprint density at radius 3 is 2.80 bits per heavy atom. The molecule has 0 amide bonds. The number of hydrogen-bond donors (Lipinski definition) is 0. The van der Waals surface area contributed by atoms with E-state index in [1.807, 2.05) is 12.1 Å². The highest BCUT2D eigenvalue weighted by atomic mass is 32.2. The molecule has 1 aliphatic heterocycles. The van der Waals surface area contributed by atoms with E-state index in [-0.39, 0.29) is 24.5 Å². The van der Waals surface area contributed by atoms with Crippen LogP contribution >= 0.6 is 11.8 Å². The molecular weight excluding hydrogens is 346 g/mol. The number of nitro groups is 1. The molecule has 0 bridgehead atoms. The lowest BCUT2D eigenvalue weighted by Crippen LogP contribution is -2.34. The molecule has 0 N–H and O–H groups in total. The lowest BCUT2D eigenvalue weighted by molar-refractivity contribution is -0.387. The van der Waals surface area contributed by atoms with Crippen LogP contribution in [0.1, 0.15) is 10.4 Å². The molecule has 0 radical (unpaired) electrons. The first-order valence-corrected chi connectivity index (χ1v) is 8.69. The van der Waals surface area contributed by atoms with Crippen LogP contribution in [-0.2, 0) is 4.74 Å². The standard InChI is InChI=1S/C17H15NO6S/c1-25-16-7-6-11(8-13(16)18(20)21)17(19)23-10-12-9-22-14-4-2-3-5-15(14)24-12/h2-8,12H,9-10H2,1H3/t12-/m0/s1. The normalized spacial score (nSPS) is 15.5. The zero-order valence-corrected chi connectivity index (χ0v) is 14.2. The van der Waals surface area contributed by atoms with Gasteiger partial charge in [0, 0.05) is 6.07 Å². The Morgan fingerprint density at radius 1 is 1.32 bits per heavy atom. The van der Waals surface area contributed by atoms with E-state index in [0.717, 1.165) is 0 Å². The van der Waals surface area contributed by atoms with Crippen LogP contribution < -0.4 is 9.47 Å². The minimum atomic E-state index is -0.641. The van der Waals surface area contributed by atoms with Gasteiger partial charge in [-0.25, -0.2) is 4.79 Å². The van der Waals surface area contributed by atoms with Gasteiger partial charge >= 0.3 is 5.97 Å². The molecule has 7 nitrogen and oxygen atoms in total. The smallest absolute Gasteiger partial charge is 0.338 e. The zero-order chi connectivity index (χ0) is 17.8. The van der Waals surface area contributed by atoms with E-state index in [2.05, 4.69) is 0 Å². The second-order valence-electron chi connectivity index (χ2n) is 5.24. The monoisotopic (exact) mass is 361 g/mol. The molecule has 130 valence electrons. The quantitative estimate of drug-likeness (QED) is 0.349. The van der Waals surface area contributed by atoms with Crippen LogP contribution in [0.15, 0.2) is 47.4 Å². The molecule has 1 aliphatic rings. The number of benzene rings is 2. The fraction of sp³-hybridized carbons (Fsp3) is 0.235. The van der Waals surface area contributed by atoms with Crippen molar-refractivity contribution in [2.45, 2.75) is 11.0 Å². The van der Waals surface area contributed by atoms with Gasteiger partial charge in [-0.15, -0.1) is 11.8 Å². The average molecular weight is 361 g/mol. The van der Waals surface area contributed by atoms with Gasteiger partial charge in [0.25, 0.3) is 5.69 Å². The van der Waals surface area contributed by atoms with Crippen molar-refractivity contribution in [3.05, 3.63) is 58.1 Å². The maximum atomic E-state index is 12.2. The van der Waals surface area contributed by atoms with E-state index >= 15 is 0 Å². The van der Waals surface area contributed by atoms with Crippen LogP contribution in [0.25, 0.3) is 0 Å². The minimum absolute atomic E-state index is 0.00869. The second-order valence-corrected chi connectivity index (χ2v) is 6.09. The lowest BCUT2D eigenvalue weighted by Gasteiger charge is -2.26. The predicted molar refractivity (Wildman–Crippen MR) is 91.5 cm³/mol. The van der Waals surface area contributed by atoms with Crippen LogP contribution in [0.4, 0.5) is 5.69 Å². The van der Waals surface area contributed by atoms with Crippen molar-refractivity contribution in [3.63, 3.8) is 0 Å². The molecular formula is C17H15NO6S. The van der Waals surface area contributed by atoms with Gasteiger partial charge in [0.15, 0.2) is 17.6 Å². The number of carbonyl (C=O) groups excluding carboxylic acids is 1. The summed E-state index contributed by atoms with van der Waals surface area (Å²) in [6.45, 7) is 0.251. The summed E-state index contributed by atoms with van der Waals surface area (Å²) in [4.78, 5) is 23.2. The third-order valence-electron chi connectivity index (χ3n) is 3.58. The van der Waals surface area contributed by atoms with Crippen LogP contribution in [0.2, 0.25) is 0 Å². The summed E-state index contributed by atoms with van der Waals surface area (Å²) in [5.41, 5.74) is 0.00903. The Balaban J connectivity index is 1.64. The number of para-hydroxylation sites is 2. The highest BCUT2D eigenvalue weighted by Crippen LogP contribution is 2.31. The Kier molecular flexibility index (Phi) is 5.08. The molecule has 25 heavy (non-hydrogen) atoms. The Morgan fingerprint density at radius 2 is 2.08 bits per heavy atom. The Labute approximate surface area is 148 Å². The SMILES string of the molecule is CSc1ccc(C(=O)OC[C@@H]2COc3ccccc3O2)cc1[N+](=O)[O-]. The molecule has 0 aromatic heterocycles. The summed E-state index contributed by atoms with van der Waals surface area (Å²) in [6.07, 6.45) is 1.30. The summed E-state index contributed by atoms with van der Waals surface area (Å²) in [5.74, 6) is 0.598. The number of carbonyl (C=O) groups is 1. The van der Waals surface area contributed by atoms with E-state index in [9.17, 15) is 14.9 Å². The predicted octanol–water partition coefficient (Wildman–Crippen LogP) is 3.31. The first-order chi connectivity index (χ1) is 12.1. The van der Waals surface area contributed by atoms with E-state index in [1.54, 1.807) is 18.4 Å². The molecule has 0 unspecified atom stereocenters. The Hall–Kier alpha value is -2.74. The van der Waals surface area contributed by atoms with Crippen molar-refractivity contribution < 1.29 is 23.9 Å². The van der Waals surface area contributed by atoms with Gasteiger partial charge in [-0.2, -0.15) is 0 Å². The highest BCUT2D eigenvalue weighted by Gasteiger charge is 2.23. The third-order valence-corrected chi connectivity index (χ3v) is 4.36. The van der Waals surface area contributed by atoms with Crippen LogP contribution in [0, 0.1) is 10.1 Å². The molecule has 2 aromatic carbocycles. The third kappa shape index (κ3) is 3.85. The van der Waals surface area contributed by atoms with Crippen LogP contribution in [0.3, 0.4) is 0 Å². The highest BCUT2D eigenvalue weighted by molar-refractivity contribution is 7.98. The fourth-order valence-corrected chi connectivity index (χ4v) is 2.90. The number of nitro benzene ring substituents is 1. The first-order valence-electron chi connectivity index (χ1n) is 7.46. The van der Waals surface area contributed by atoms with Gasteiger partial charge in [-0.05, 0) is 30.5 Å². The number of rotatable bonds is 5. The average Bonchev–Trinajstić information content (AvgIpc) is 2.65. The van der Waals surface area contributed by atoms with Crippen molar-refractivity contribution in [2.24, 2.45) is 0 Å². The van der Waals surface area contributed by atoms with E-state index in [4.69, 9.17) is 14.2 Å².